The first kappa shape index (κ1) is 14.3. The van der Waals surface area contributed by atoms with Crippen molar-refractivity contribution in [2.24, 2.45) is 0 Å². The highest BCUT2D eigenvalue weighted by Gasteiger charge is 2.13. The van der Waals surface area contributed by atoms with Crippen LogP contribution in [0.25, 0.3) is 0 Å². The summed E-state index contributed by atoms with van der Waals surface area (Å²) in [6.45, 7) is 0.328. The molecular formula is C10H11ClN2O2S2. The van der Waals surface area contributed by atoms with Gasteiger partial charge in [-0.2, -0.15) is 0 Å². The fraction of sp³-hybridized carbons (Fsp3) is 0.300. The molecule has 0 aliphatic heterocycles. The Morgan fingerprint density at radius 1 is 1.59 bits per heavy atom. The first-order valence-corrected chi connectivity index (χ1v) is 7.70. The van der Waals surface area contributed by atoms with Gasteiger partial charge in [0, 0.05) is 18.5 Å². The highest BCUT2D eigenvalue weighted by Crippen LogP contribution is 2.12. The van der Waals surface area contributed by atoms with Crippen molar-refractivity contribution in [1.82, 2.24) is 9.71 Å². The van der Waals surface area contributed by atoms with Crippen molar-refractivity contribution in [1.29, 1.82) is 0 Å². The second-order valence-corrected chi connectivity index (χ2v) is 6.23. The van der Waals surface area contributed by atoms with Crippen LogP contribution in [0.3, 0.4) is 0 Å². The molecule has 1 N–H and O–H groups in total. The van der Waals surface area contributed by atoms with Crippen LogP contribution in [-0.2, 0) is 10.0 Å². The number of sulfonamides is 1. The molecule has 0 atom stereocenters. The molecule has 1 rings (SSSR count). The third kappa shape index (κ3) is 4.96. The van der Waals surface area contributed by atoms with Crippen LogP contribution < -0.4 is 4.72 Å². The summed E-state index contributed by atoms with van der Waals surface area (Å²) in [6.07, 6.45) is 6.42. The summed E-state index contributed by atoms with van der Waals surface area (Å²) in [5.74, 6) is 3.66. The smallest absolute Gasteiger partial charge is 0.240 e. The van der Waals surface area contributed by atoms with Crippen molar-refractivity contribution in [2.45, 2.75) is 4.90 Å². The molecule has 0 bridgehead atoms. The first-order chi connectivity index (χ1) is 8.06. The standard InChI is InChI=1S/C10H11ClN2O2S2/c1-2-6-16-7-5-13-17(14,15)9-3-4-12-10(11)8-9/h1,3-4,8,13H,5-7H2. The van der Waals surface area contributed by atoms with Gasteiger partial charge in [-0.1, -0.05) is 17.5 Å². The lowest BCUT2D eigenvalue weighted by molar-refractivity contribution is 0.584. The number of nitrogens with zero attached hydrogens (tertiary/aromatic N) is 1. The van der Waals surface area contributed by atoms with Gasteiger partial charge in [-0.25, -0.2) is 18.1 Å². The topological polar surface area (TPSA) is 59.1 Å². The van der Waals surface area contributed by atoms with E-state index < -0.39 is 10.0 Å². The Bertz CT molecular complexity index is 511. The molecule has 0 aliphatic carbocycles. The quantitative estimate of drug-likeness (QED) is 0.488. The molecule has 0 amide bonds. The number of thioether (sulfide) groups is 1. The Balaban J connectivity index is 2.55. The van der Waals surface area contributed by atoms with Gasteiger partial charge in [0.1, 0.15) is 5.15 Å². The predicted octanol–water partition coefficient (Wildman–Crippen LogP) is 1.38. The molecule has 7 heteroatoms. The molecule has 0 unspecified atom stereocenters. The van der Waals surface area contributed by atoms with E-state index in [1.165, 1.54) is 30.1 Å². The van der Waals surface area contributed by atoms with E-state index in [1.807, 2.05) is 0 Å². The van der Waals surface area contributed by atoms with Gasteiger partial charge < -0.3 is 0 Å². The molecule has 0 spiro atoms. The molecular weight excluding hydrogens is 280 g/mol. The number of terminal acetylenes is 1. The number of aromatic nitrogens is 1. The molecule has 1 aromatic rings. The largest absolute Gasteiger partial charge is 0.244 e. The number of pyridine rings is 1. The van der Waals surface area contributed by atoms with Gasteiger partial charge in [-0.15, -0.1) is 18.2 Å². The molecule has 0 fully saturated rings. The maximum absolute atomic E-state index is 11.8. The molecule has 0 saturated heterocycles. The van der Waals surface area contributed by atoms with Gasteiger partial charge in [0.25, 0.3) is 0 Å². The van der Waals surface area contributed by atoms with Gasteiger partial charge >= 0.3 is 0 Å². The van der Waals surface area contributed by atoms with Gasteiger partial charge in [0.05, 0.1) is 10.6 Å². The Morgan fingerprint density at radius 3 is 3.00 bits per heavy atom. The average Bonchev–Trinajstić information content (AvgIpc) is 2.29. The Hall–Kier alpha value is -0.740. The third-order valence-corrected chi connectivity index (χ3v) is 4.26. The highest BCUT2D eigenvalue weighted by atomic mass is 35.5. The van der Waals surface area contributed by atoms with Crippen LogP contribution in [0, 0.1) is 12.3 Å². The van der Waals surface area contributed by atoms with E-state index in [2.05, 4.69) is 15.6 Å². The second kappa shape index (κ2) is 6.87. The lowest BCUT2D eigenvalue weighted by Crippen LogP contribution is -2.26. The van der Waals surface area contributed by atoms with E-state index in [-0.39, 0.29) is 10.0 Å². The number of nitrogens with one attached hydrogen (secondary N) is 1. The van der Waals surface area contributed by atoms with E-state index in [1.54, 1.807) is 0 Å². The predicted molar refractivity (Wildman–Crippen MR) is 70.6 cm³/mol. The van der Waals surface area contributed by atoms with Crippen LogP contribution in [0.5, 0.6) is 0 Å². The van der Waals surface area contributed by atoms with Crippen LogP contribution in [0.4, 0.5) is 0 Å². The van der Waals surface area contributed by atoms with Crippen LogP contribution in [-0.4, -0.2) is 31.5 Å². The fourth-order valence-corrected chi connectivity index (χ4v) is 2.94. The van der Waals surface area contributed by atoms with Crippen molar-refractivity contribution >= 4 is 33.4 Å². The average molecular weight is 291 g/mol. The summed E-state index contributed by atoms with van der Waals surface area (Å²) >= 11 is 7.11. The van der Waals surface area contributed by atoms with Gasteiger partial charge in [0.2, 0.25) is 10.0 Å². The van der Waals surface area contributed by atoms with Gasteiger partial charge in [0.15, 0.2) is 0 Å². The van der Waals surface area contributed by atoms with Gasteiger partial charge in [-0.05, 0) is 12.1 Å². The minimum absolute atomic E-state index is 0.111. The zero-order chi connectivity index (χ0) is 12.7. The molecule has 1 heterocycles. The molecule has 1 aromatic heterocycles. The zero-order valence-corrected chi connectivity index (χ0v) is 11.3. The summed E-state index contributed by atoms with van der Waals surface area (Å²) in [5.41, 5.74) is 0. The second-order valence-electron chi connectivity index (χ2n) is 2.97. The Kier molecular flexibility index (Phi) is 5.78. The lowest BCUT2D eigenvalue weighted by atomic mass is 10.5. The molecule has 0 radical (unpaired) electrons. The Labute approximate surface area is 110 Å². The van der Waals surface area contributed by atoms with Crippen LogP contribution in [0.15, 0.2) is 23.2 Å². The summed E-state index contributed by atoms with van der Waals surface area (Å²) in [4.78, 5) is 3.83. The summed E-state index contributed by atoms with van der Waals surface area (Å²) < 4.78 is 26.0. The molecule has 92 valence electrons. The van der Waals surface area contributed by atoms with E-state index in [0.717, 1.165) is 0 Å². The number of hydrogen-bond acceptors (Lipinski definition) is 4. The van der Waals surface area contributed by atoms with Crippen molar-refractivity contribution in [2.75, 3.05) is 18.1 Å². The Morgan fingerprint density at radius 2 is 2.35 bits per heavy atom. The molecule has 0 aromatic carbocycles. The molecule has 17 heavy (non-hydrogen) atoms. The number of halogens is 1. The van der Waals surface area contributed by atoms with Crippen molar-refractivity contribution in [3.05, 3.63) is 23.5 Å². The van der Waals surface area contributed by atoms with Crippen LogP contribution in [0.1, 0.15) is 0 Å². The van der Waals surface area contributed by atoms with Crippen molar-refractivity contribution in [3.63, 3.8) is 0 Å². The molecule has 0 saturated carbocycles. The summed E-state index contributed by atoms with van der Waals surface area (Å²) in [6, 6.07) is 2.70. The van der Waals surface area contributed by atoms with Crippen molar-refractivity contribution < 1.29 is 8.42 Å². The minimum atomic E-state index is -3.51. The first-order valence-electron chi connectivity index (χ1n) is 4.68. The van der Waals surface area contributed by atoms with Crippen LogP contribution in [0.2, 0.25) is 5.15 Å². The third-order valence-electron chi connectivity index (χ3n) is 1.73. The maximum atomic E-state index is 11.8. The monoisotopic (exact) mass is 290 g/mol. The molecule has 4 nitrogen and oxygen atoms in total. The van der Waals surface area contributed by atoms with E-state index in [0.29, 0.717) is 18.1 Å². The highest BCUT2D eigenvalue weighted by molar-refractivity contribution is 7.99. The van der Waals surface area contributed by atoms with E-state index in [4.69, 9.17) is 18.0 Å². The SMILES string of the molecule is C#CCSCCNS(=O)(=O)c1ccnc(Cl)c1. The fourth-order valence-electron chi connectivity index (χ4n) is 1.01. The molecule has 0 aliphatic rings. The normalized spacial score (nSPS) is 11.1. The summed E-state index contributed by atoms with van der Waals surface area (Å²) in [7, 11) is -3.51. The minimum Gasteiger partial charge on any atom is -0.244 e. The van der Waals surface area contributed by atoms with E-state index >= 15 is 0 Å². The maximum Gasteiger partial charge on any atom is 0.240 e. The lowest BCUT2D eigenvalue weighted by Gasteiger charge is -2.05. The van der Waals surface area contributed by atoms with Crippen LogP contribution >= 0.6 is 23.4 Å². The zero-order valence-electron chi connectivity index (χ0n) is 8.89. The number of rotatable bonds is 6. The summed E-state index contributed by atoms with van der Waals surface area (Å²) in [5, 5.41) is 0.148. The van der Waals surface area contributed by atoms with E-state index in [9.17, 15) is 8.42 Å². The van der Waals surface area contributed by atoms with Crippen molar-refractivity contribution in [3.8, 4) is 12.3 Å². The van der Waals surface area contributed by atoms with Gasteiger partial charge in [-0.3, -0.25) is 0 Å². The number of hydrogen-bond donors (Lipinski definition) is 1.